The van der Waals surface area contributed by atoms with Gasteiger partial charge in [-0.05, 0) is 29.7 Å². The van der Waals surface area contributed by atoms with Crippen LogP contribution in [-0.2, 0) is 0 Å². The van der Waals surface area contributed by atoms with Gasteiger partial charge in [-0.1, -0.05) is 76.0 Å². The second kappa shape index (κ2) is 7.23. The van der Waals surface area contributed by atoms with Gasteiger partial charge in [0.05, 0.1) is 6.04 Å². The fourth-order valence-electron chi connectivity index (χ4n) is 2.20. The molecule has 0 aliphatic heterocycles. The van der Waals surface area contributed by atoms with E-state index in [2.05, 4.69) is 51.0 Å². The predicted molar refractivity (Wildman–Crippen MR) is 93.3 cm³/mol. The number of carbonyl (C=O) groups is 1. The molecule has 0 radical (unpaired) electrons. The second-order valence-electron chi connectivity index (χ2n) is 5.26. The highest BCUT2D eigenvalue weighted by Crippen LogP contribution is 2.24. The number of carbonyl (C=O) groups excluding carboxylic acids is 1. The standard InChI is InChI=1S/C17H17Br2NO/c1-11(2)16(12-6-4-3-5-7-12)20-17(21)13-8-14(18)10-15(19)9-13/h3-11,16H,1-2H3,(H,20,21). The number of nitrogens with one attached hydrogen (secondary N) is 1. The molecule has 0 spiro atoms. The fraction of sp³-hybridized carbons (Fsp3) is 0.235. The van der Waals surface area contributed by atoms with Crippen LogP contribution in [0.2, 0.25) is 0 Å². The molecule has 0 saturated carbocycles. The Kier molecular flexibility index (Phi) is 5.59. The summed E-state index contributed by atoms with van der Waals surface area (Å²) in [5.41, 5.74) is 1.76. The van der Waals surface area contributed by atoms with Crippen LogP contribution in [0.1, 0.15) is 35.8 Å². The van der Waals surface area contributed by atoms with Crippen LogP contribution in [-0.4, -0.2) is 5.91 Å². The molecule has 0 aromatic heterocycles. The van der Waals surface area contributed by atoms with Crippen molar-refractivity contribution in [3.8, 4) is 0 Å². The summed E-state index contributed by atoms with van der Waals surface area (Å²) in [5.74, 6) is 0.242. The van der Waals surface area contributed by atoms with Crippen LogP contribution in [0.5, 0.6) is 0 Å². The number of hydrogen-bond donors (Lipinski definition) is 1. The Balaban J connectivity index is 2.23. The molecule has 110 valence electrons. The zero-order valence-corrected chi connectivity index (χ0v) is 15.1. The second-order valence-corrected chi connectivity index (χ2v) is 7.10. The van der Waals surface area contributed by atoms with Crippen LogP contribution < -0.4 is 5.32 Å². The number of benzene rings is 2. The molecule has 0 aliphatic carbocycles. The largest absolute Gasteiger partial charge is 0.345 e. The lowest BCUT2D eigenvalue weighted by atomic mass is 9.95. The summed E-state index contributed by atoms with van der Waals surface area (Å²) in [6.07, 6.45) is 0. The van der Waals surface area contributed by atoms with E-state index < -0.39 is 0 Å². The van der Waals surface area contributed by atoms with Crippen LogP contribution >= 0.6 is 31.9 Å². The molecule has 4 heteroatoms. The molecule has 0 aliphatic rings. The third-order valence-electron chi connectivity index (χ3n) is 3.24. The summed E-state index contributed by atoms with van der Waals surface area (Å²) < 4.78 is 1.76. The normalized spacial score (nSPS) is 12.2. The number of halogens is 2. The lowest BCUT2D eigenvalue weighted by molar-refractivity contribution is 0.0925. The Morgan fingerprint density at radius 2 is 1.57 bits per heavy atom. The summed E-state index contributed by atoms with van der Waals surface area (Å²) in [4.78, 5) is 12.5. The van der Waals surface area contributed by atoms with E-state index >= 15 is 0 Å². The molecule has 2 rings (SSSR count). The molecule has 2 aromatic rings. The van der Waals surface area contributed by atoms with E-state index in [1.54, 1.807) is 0 Å². The third kappa shape index (κ3) is 4.42. The van der Waals surface area contributed by atoms with E-state index in [1.165, 1.54) is 0 Å². The minimum absolute atomic E-state index is 0.00328. The zero-order chi connectivity index (χ0) is 15.4. The quantitative estimate of drug-likeness (QED) is 0.724. The summed E-state index contributed by atoms with van der Waals surface area (Å²) in [6.45, 7) is 4.21. The molecule has 0 fully saturated rings. The SMILES string of the molecule is CC(C)C(NC(=O)c1cc(Br)cc(Br)c1)c1ccccc1. The average Bonchev–Trinajstić information content (AvgIpc) is 2.44. The van der Waals surface area contributed by atoms with Crippen LogP contribution in [0.3, 0.4) is 0 Å². The zero-order valence-electron chi connectivity index (χ0n) is 11.9. The maximum atomic E-state index is 12.5. The summed E-state index contributed by atoms with van der Waals surface area (Å²) in [7, 11) is 0. The minimum Gasteiger partial charge on any atom is -0.345 e. The van der Waals surface area contributed by atoms with E-state index in [4.69, 9.17) is 0 Å². The van der Waals surface area contributed by atoms with Crippen molar-refractivity contribution in [2.24, 2.45) is 5.92 Å². The molecular weight excluding hydrogens is 394 g/mol. The molecule has 1 unspecified atom stereocenters. The Morgan fingerprint density at radius 3 is 2.10 bits per heavy atom. The summed E-state index contributed by atoms with van der Waals surface area (Å²) >= 11 is 6.82. The first-order chi connectivity index (χ1) is 9.97. The van der Waals surface area contributed by atoms with Crippen molar-refractivity contribution in [3.63, 3.8) is 0 Å². The first-order valence-electron chi connectivity index (χ1n) is 6.79. The van der Waals surface area contributed by atoms with Crippen molar-refractivity contribution in [1.82, 2.24) is 5.32 Å². The van der Waals surface area contributed by atoms with E-state index in [-0.39, 0.29) is 11.9 Å². The smallest absolute Gasteiger partial charge is 0.251 e. The Labute approximate surface area is 142 Å². The van der Waals surface area contributed by atoms with Crippen LogP contribution in [0.25, 0.3) is 0 Å². The molecule has 2 aromatic carbocycles. The van der Waals surface area contributed by atoms with Crippen molar-refractivity contribution >= 4 is 37.8 Å². The van der Waals surface area contributed by atoms with Gasteiger partial charge in [-0.3, -0.25) is 4.79 Å². The number of amides is 1. The summed E-state index contributed by atoms with van der Waals surface area (Å²) in [5, 5.41) is 3.12. The highest BCUT2D eigenvalue weighted by molar-refractivity contribution is 9.11. The van der Waals surface area contributed by atoms with Gasteiger partial charge in [0.2, 0.25) is 0 Å². The van der Waals surface area contributed by atoms with Gasteiger partial charge in [-0.15, -0.1) is 0 Å². The van der Waals surface area contributed by atoms with E-state index in [0.29, 0.717) is 11.5 Å². The number of rotatable bonds is 4. The van der Waals surface area contributed by atoms with E-state index in [0.717, 1.165) is 14.5 Å². The van der Waals surface area contributed by atoms with E-state index in [9.17, 15) is 4.79 Å². The van der Waals surface area contributed by atoms with Gasteiger partial charge in [0.1, 0.15) is 0 Å². The van der Waals surface area contributed by atoms with Gasteiger partial charge in [0.15, 0.2) is 0 Å². The van der Waals surface area contributed by atoms with Crippen LogP contribution in [0.15, 0.2) is 57.5 Å². The lowest BCUT2D eigenvalue weighted by Crippen LogP contribution is -2.31. The summed E-state index contributed by atoms with van der Waals surface area (Å²) in [6, 6.07) is 15.6. The molecule has 0 bridgehead atoms. The molecular formula is C17H17Br2NO. The predicted octanol–water partition coefficient (Wildman–Crippen LogP) is 5.34. The van der Waals surface area contributed by atoms with Crippen molar-refractivity contribution in [2.75, 3.05) is 0 Å². The van der Waals surface area contributed by atoms with Gasteiger partial charge < -0.3 is 5.32 Å². The molecule has 0 saturated heterocycles. The van der Waals surface area contributed by atoms with Crippen LogP contribution in [0, 0.1) is 5.92 Å². The lowest BCUT2D eigenvalue weighted by Gasteiger charge is -2.23. The molecule has 1 N–H and O–H groups in total. The first-order valence-corrected chi connectivity index (χ1v) is 8.38. The maximum Gasteiger partial charge on any atom is 0.251 e. The monoisotopic (exact) mass is 409 g/mol. The highest BCUT2D eigenvalue weighted by Gasteiger charge is 2.19. The highest BCUT2D eigenvalue weighted by atomic mass is 79.9. The maximum absolute atomic E-state index is 12.5. The first kappa shape index (κ1) is 16.2. The molecule has 1 atom stereocenters. The molecule has 0 heterocycles. The minimum atomic E-state index is -0.0699. The molecule has 21 heavy (non-hydrogen) atoms. The van der Waals surface area contributed by atoms with Gasteiger partial charge in [0.25, 0.3) is 5.91 Å². The van der Waals surface area contributed by atoms with Crippen molar-refractivity contribution in [2.45, 2.75) is 19.9 Å². The fourth-order valence-corrected chi connectivity index (χ4v) is 3.50. The van der Waals surface area contributed by atoms with Gasteiger partial charge >= 0.3 is 0 Å². The van der Waals surface area contributed by atoms with Crippen molar-refractivity contribution in [3.05, 3.63) is 68.6 Å². The van der Waals surface area contributed by atoms with Crippen molar-refractivity contribution < 1.29 is 4.79 Å². The number of hydrogen-bond acceptors (Lipinski definition) is 1. The third-order valence-corrected chi connectivity index (χ3v) is 4.15. The topological polar surface area (TPSA) is 29.1 Å². The Bertz CT molecular complexity index is 606. The van der Waals surface area contributed by atoms with Crippen molar-refractivity contribution in [1.29, 1.82) is 0 Å². The van der Waals surface area contributed by atoms with Gasteiger partial charge in [-0.25, -0.2) is 0 Å². The van der Waals surface area contributed by atoms with Gasteiger partial charge in [0, 0.05) is 14.5 Å². The Hall–Kier alpha value is -1.13. The van der Waals surface area contributed by atoms with Gasteiger partial charge in [-0.2, -0.15) is 0 Å². The van der Waals surface area contributed by atoms with Crippen LogP contribution in [0.4, 0.5) is 0 Å². The molecule has 1 amide bonds. The molecule has 2 nitrogen and oxygen atoms in total. The average molecular weight is 411 g/mol. The Morgan fingerprint density at radius 1 is 1.00 bits per heavy atom. The van der Waals surface area contributed by atoms with E-state index in [1.807, 2.05) is 48.5 Å².